The monoisotopic (exact) mass is 742 g/mol. The number of rotatable bonds is 3. The normalized spacial score (nSPS) is 14.4. The number of benzene rings is 4. The molecule has 242 valence electrons. The van der Waals surface area contributed by atoms with Crippen LogP contribution in [0.4, 0.5) is 0 Å². The molecule has 0 bridgehead atoms. The Hall–Kier alpha value is -1.96. The van der Waals surface area contributed by atoms with Gasteiger partial charge >= 0.3 is 99.2 Å². The second kappa shape index (κ2) is 16.9. The summed E-state index contributed by atoms with van der Waals surface area (Å²) in [4.78, 5) is 0. The maximum absolute atomic E-state index is 3.29. The zero-order valence-corrected chi connectivity index (χ0v) is 34.1. The van der Waals surface area contributed by atoms with Crippen molar-refractivity contribution in [3.8, 4) is 0 Å². The van der Waals surface area contributed by atoms with Crippen molar-refractivity contribution in [3.63, 3.8) is 0 Å². The van der Waals surface area contributed by atoms with Gasteiger partial charge in [0, 0.05) is 8.07 Å². The molecular weight excluding hydrogens is 695 g/mol. The fourth-order valence-electron chi connectivity index (χ4n) is 5.56. The predicted octanol–water partition coefficient (Wildman–Crippen LogP) is 5.97. The van der Waals surface area contributed by atoms with Crippen molar-refractivity contribution in [1.29, 1.82) is 0 Å². The Morgan fingerprint density at radius 1 is 0.674 bits per heavy atom. The van der Waals surface area contributed by atoms with E-state index < -0.39 is 8.07 Å². The van der Waals surface area contributed by atoms with Crippen LogP contribution in [0.2, 0.25) is 25.2 Å². The summed E-state index contributed by atoms with van der Waals surface area (Å²) in [7, 11) is -0.842. The van der Waals surface area contributed by atoms with E-state index in [0.717, 1.165) is 5.54 Å². The molecule has 0 aliphatic heterocycles. The fraction of sp³-hybridized carbons (Fsp3) is 0.333. The zero-order chi connectivity index (χ0) is 32.1. The van der Waals surface area contributed by atoms with E-state index in [9.17, 15) is 0 Å². The Bertz CT molecular complexity index is 1600. The van der Waals surface area contributed by atoms with Gasteiger partial charge < -0.3 is 30.9 Å². The van der Waals surface area contributed by atoms with Gasteiger partial charge in [-0.05, 0) is 10.8 Å². The van der Waals surface area contributed by atoms with Gasteiger partial charge in [-0.15, -0.1) is 39.7 Å². The average molecular weight is 745 g/mol. The molecule has 1 unspecified atom stereocenters. The first-order chi connectivity index (χ1) is 20.6. The van der Waals surface area contributed by atoms with Crippen LogP contribution < -0.4 is 24.8 Å². The third-order valence-electron chi connectivity index (χ3n) is 8.59. The third kappa shape index (κ3) is 10.8. The molecule has 5 aromatic carbocycles. The fourth-order valence-corrected chi connectivity index (χ4v) is 8.01. The first kappa shape index (κ1) is 40.2. The Morgan fingerprint density at radius 2 is 1.09 bits per heavy atom. The summed E-state index contributed by atoms with van der Waals surface area (Å²) < 4.78 is 1.42. The predicted molar refractivity (Wildman–Crippen MR) is 195 cm³/mol. The first-order valence-corrected chi connectivity index (χ1v) is 20.9. The van der Waals surface area contributed by atoms with Crippen LogP contribution in [0.1, 0.15) is 76.6 Å². The molecule has 1 aliphatic rings. The number of hydrogen-bond donors (Lipinski definition) is 0. The Kier molecular flexibility index (Phi) is 14.8. The van der Waals surface area contributed by atoms with Crippen LogP contribution in [0.15, 0.2) is 109 Å². The van der Waals surface area contributed by atoms with Gasteiger partial charge in [-0.3, -0.25) is 6.08 Å². The molecule has 0 nitrogen and oxygen atoms in total. The molecule has 0 fully saturated rings. The number of halogens is 2. The molecular formula is C42H50Cl2SiZr-2. The Labute approximate surface area is 307 Å². The molecule has 0 amide bonds. The molecule has 0 spiro atoms. The van der Waals surface area contributed by atoms with Crippen LogP contribution >= 0.6 is 0 Å². The van der Waals surface area contributed by atoms with Crippen LogP contribution in [0.3, 0.4) is 0 Å². The number of hydrogen-bond acceptors (Lipinski definition) is 0. The van der Waals surface area contributed by atoms with E-state index in [1.807, 2.05) is 0 Å². The van der Waals surface area contributed by atoms with E-state index in [1.165, 1.54) is 84.1 Å². The van der Waals surface area contributed by atoms with Crippen molar-refractivity contribution in [3.05, 3.63) is 138 Å². The molecule has 0 heterocycles. The van der Waals surface area contributed by atoms with Gasteiger partial charge in [0.2, 0.25) is 0 Å². The molecule has 1 atom stereocenters. The molecule has 4 heteroatoms. The van der Waals surface area contributed by atoms with Crippen molar-refractivity contribution in [2.24, 2.45) is 0 Å². The third-order valence-corrected chi connectivity index (χ3v) is 12.7. The summed E-state index contributed by atoms with van der Waals surface area (Å²) in [5.41, 5.74) is 6.79. The van der Waals surface area contributed by atoms with E-state index in [-0.39, 0.29) is 35.6 Å². The molecule has 0 saturated heterocycles. The topological polar surface area (TPSA) is 0 Å². The van der Waals surface area contributed by atoms with Gasteiger partial charge in [0.15, 0.2) is 0 Å². The molecule has 0 saturated carbocycles. The zero-order valence-electron chi connectivity index (χ0n) is 29.1. The van der Waals surface area contributed by atoms with Gasteiger partial charge in [0.05, 0.1) is 0 Å². The quantitative estimate of drug-likeness (QED) is 0.158. The van der Waals surface area contributed by atoms with Crippen molar-refractivity contribution in [1.82, 2.24) is 0 Å². The van der Waals surface area contributed by atoms with Gasteiger partial charge in [-0.25, -0.2) is 0 Å². The summed E-state index contributed by atoms with van der Waals surface area (Å²) in [5.74, 6) is 0. The average Bonchev–Trinajstić information content (AvgIpc) is 3.66. The van der Waals surface area contributed by atoms with E-state index >= 15 is 0 Å². The molecule has 0 radical (unpaired) electrons. The summed E-state index contributed by atoms with van der Waals surface area (Å²) in [6, 6.07) is 37.3. The van der Waals surface area contributed by atoms with Gasteiger partial charge in [0.1, 0.15) is 0 Å². The minimum absolute atomic E-state index is 0. The minimum atomic E-state index is -0.842. The molecule has 0 aromatic heterocycles. The number of fused-ring (bicyclic) bond motifs is 3. The van der Waals surface area contributed by atoms with Crippen LogP contribution in [-0.2, 0) is 35.1 Å². The van der Waals surface area contributed by atoms with Crippen molar-refractivity contribution < 1.29 is 49.0 Å². The first-order valence-electron chi connectivity index (χ1n) is 16.0. The van der Waals surface area contributed by atoms with Crippen molar-refractivity contribution >= 4 is 32.8 Å². The maximum atomic E-state index is 3.29. The second-order valence-electron chi connectivity index (χ2n) is 15.2. The standard InChI is InChI=1S/C21H25.C13H10.C8H15Si.2ClH.Zr/c1-20(2,3)16-7-9-18-14(12-16)11-15-13-17(21(4,5)6)8-10-19(15)18;1-3-7-12(8-4-1)11-13-9-5-2-6-10-13;1-9(2,3)8-6-4-5-7-8;;;/h7-13H,1-6H3;1-10H;7-8H,4,6H2,1-3H3;2*1H;/q-1;;-1;;;+2/p-2. The summed E-state index contributed by atoms with van der Waals surface area (Å²) in [6.07, 6.45) is 8.16. The van der Waals surface area contributed by atoms with Crippen LogP contribution in [-0.4, -0.2) is 11.3 Å². The summed E-state index contributed by atoms with van der Waals surface area (Å²) in [5, 5.41) is 5.48. The van der Waals surface area contributed by atoms with Crippen LogP contribution in [0.5, 0.6) is 0 Å². The Balaban J connectivity index is 0.000000256. The number of allylic oxidation sites excluding steroid dienone is 2. The van der Waals surface area contributed by atoms with E-state index in [1.54, 1.807) is 0 Å². The molecule has 5 aromatic rings. The van der Waals surface area contributed by atoms with Gasteiger partial charge in [0.25, 0.3) is 0 Å². The van der Waals surface area contributed by atoms with Gasteiger partial charge in [-0.1, -0.05) is 109 Å². The summed E-state index contributed by atoms with van der Waals surface area (Å²) in [6.45, 7) is 20.9. The van der Waals surface area contributed by atoms with Crippen molar-refractivity contribution in [2.45, 2.75) is 90.4 Å². The van der Waals surface area contributed by atoms with E-state index in [4.69, 9.17) is 0 Å². The molecule has 0 N–H and O–H groups in total. The Morgan fingerprint density at radius 3 is 1.39 bits per heavy atom. The van der Waals surface area contributed by atoms with Crippen LogP contribution in [0, 0.1) is 6.08 Å². The molecule has 1 aliphatic carbocycles. The molecule has 6 rings (SSSR count). The van der Waals surface area contributed by atoms with Crippen LogP contribution in [0.25, 0.3) is 21.5 Å². The SMILES string of the molecule is CC(C)(C)c1ccc2c(c1)[cH-]c1cc(C(C)(C)C)ccc12.C[Si](C)(C)C1C=[C-]CC1.[Cl-].[Cl-].[Zr+2]=[C](c1ccccc1)c1ccccc1. The van der Waals surface area contributed by atoms with Gasteiger partial charge in [-0.2, -0.15) is 6.42 Å². The second-order valence-corrected chi connectivity index (χ2v) is 21.9. The summed E-state index contributed by atoms with van der Waals surface area (Å²) >= 11 is 1.46. The van der Waals surface area contributed by atoms with E-state index in [0.29, 0.717) is 0 Å². The molecule has 46 heavy (non-hydrogen) atoms. The van der Waals surface area contributed by atoms with E-state index in [2.05, 4.69) is 176 Å². The van der Waals surface area contributed by atoms with Crippen molar-refractivity contribution in [2.75, 3.05) is 0 Å².